The van der Waals surface area contributed by atoms with E-state index in [4.69, 9.17) is 11.6 Å². The van der Waals surface area contributed by atoms with Crippen LogP contribution in [0.4, 0.5) is 0 Å². The number of aromatic nitrogens is 1. The number of hydrogen-bond donors (Lipinski definition) is 2. The second-order valence-corrected chi connectivity index (χ2v) is 6.36. The first-order valence-electron chi connectivity index (χ1n) is 7.91. The highest BCUT2D eigenvalue weighted by atomic mass is 35.5. The standard InChI is InChI=1S/C18H21ClN2O/c1-2-3-4-13-10-20-11-16-15(13)9-17(21-18(16)22)12-5-7-14(19)8-6-12/h5-9,13,20H,2-4,10-11H2,1H3,(H,21,22). The Balaban J connectivity index is 2.02. The Morgan fingerprint density at radius 1 is 1.27 bits per heavy atom. The fraction of sp³-hybridized carbons (Fsp3) is 0.389. The third kappa shape index (κ3) is 3.11. The van der Waals surface area contributed by atoms with E-state index in [0.717, 1.165) is 29.8 Å². The van der Waals surface area contributed by atoms with Gasteiger partial charge in [-0.2, -0.15) is 0 Å². The van der Waals surface area contributed by atoms with Gasteiger partial charge < -0.3 is 10.3 Å². The molecule has 1 aromatic carbocycles. The number of fused-ring (bicyclic) bond motifs is 1. The number of H-pyrrole nitrogens is 1. The molecule has 0 spiro atoms. The van der Waals surface area contributed by atoms with Crippen molar-refractivity contribution in [1.29, 1.82) is 0 Å². The van der Waals surface area contributed by atoms with Crippen LogP contribution in [0.3, 0.4) is 0 Å². The highest BCUT2D eigenvalue weighted by molar-refractivity contribution is 6.30. The smallest absolute Gasteiger partial charge is 0.253 e. The second kappa shape index (κ2) is 6.67. The lowest BCUT2D eigenvalue weighted by atomic mass is 9.87. The topological polar surface area (TPSA) is 44.9 Å². The number of unbranched alkanes of at least 4 members (excludes halogenated alkanes) is 1. The van der Waals surface area contributed by atoms with Gasteiger partial charge in [0.15, 0.2) is 0 Å². The molecule has 1 aromatic heterocycles. The summed E-state index contributed by atoms with van der Waals surface area (Å²) in [4.78, 5) is 15.4. The molecule has 2 aromatic rings. The molecular formula is C18H21ClN2O. The van der Waals surface area contributed by atoms with Gasteiger partial charge in [-0.25, -0.2) is 0 Å². The monoisotopic (exact) mass is 316 g/mol. The molecular weight excluding hydrogens is 296 g/mol. The molecule has 0 radical (unpaired) electrons. The SMILES string of the molecule is CCCCC1CNCc2c1cc(-c1ccc(Cl)cc1)[nH]c2=O. The van der Waals surface area contributed by atoms with Crippen LogP contribution in [0, 0.1) is 0 Å². The van der Waals surface area contributed by atoms with Crippen LogP contribution in [0.25, 0.3) is 11.3 Å². The first-order chi connectivity index (χ1) is 10.7. The van der Waals surface area contributed by atoms with E-state index >= 15 is 0 Å². The van der Waals surface area contributed by atoms with E-state index in [1.165, 1.54) is 18.4 Å². The lowest BCUT2D eigenvalue weighted by Crippen LogP contribution is -2.33. The first-order valence-corrected chi connectivity index (χ1v) is 8.29. The van der Waals surface area contributed by atoms with Crippen molar-refractivity contribution < 1.29 is 0 Å². The Bertz CT molecular complexity index is 706. The van der Waals surface area contributed by atoms with Crippen molar-refractivity contribution in [3.05, 3.63) is 56.8 Å². The van der Waals surface area contributed by atoms with Crippen molar-refractivity contribution in [2.24, 2.45) is 0 Å². The van der Waals surface area contributed by atoms with Gasteiger partial charge in [-0.15, -0.1) is 0 Å². The summed E-state index contributed by atoms with van der Waals surface area (Å²) in [5.74, 6) is 0.428. The van der Waals surface area contributed by atoms with E-state index in [-0.39, 0.29) is 5.56 Å². The first kappa shape index (κ1) is 15.3. The van der Waals surface area contributed by atoms with Crippen LogP contribution >= 0.6 is 11.6 Å². The van der Waals surface area contributed by atoms with Crippen LogP contribution in [-0.4, -0.2) is 11.5 Å². The molecule has 3 nitrogen and oxygen atoms in total. The minimum Gasteiger partial charge on any atom is -0.322 e. The third-order valence-electron chi connectivity index (χ3n) is 4.36. The Labute approximate surface area is 135 Å². The van der Waals surface area contributed by atoms with Gasteiger partial charge in [0, 0.05) is 29.4 Å². The third-order valence-corrected chi connectivity index (χ3v) is 4.62. The van der Waals surface area contributed by atoms with E-state index in [2.05, 4.69) is 23.3 Å². The summed E-state index contributed by atoms with van der Waals surface area (Å²) < 4.78 is 0. The predicted molar refractivity (Wildman–Crippen MR) is 91.5 cm³/mol. The number of benzene rings is 1. The zero-order valence-electron chi connectivity index (χ0n) is 12.8. The molecule has 2 heterocycles. The van der Waals surface area contributed by atoms with Crippen molar-refractivity contribution in [2.45, 2.75) is 38.6 Å². The summed E-state index contributed by atoms with van der Waals surface area (Å²) in [6.07, 6.45) is 3.49. The van der Waals surface area contributed by atoms with Crippen LogP contribution < -0.4 is 10.9 Å². The van der Waals surface area contributed by atoms with E-state index < -0.39 is 0 Å². The second-order valence-electron chi connectivity index (χ2n) is 5.92. The van der Waals surface area contributed by atoms with Crippen LogP contribution in [-0.2, 0) is 6.54 Å². The maximum absolute atomic E-state index is 12.4. The molecule has 0 bridgehead atoms. The summed E-state index contributed by atoms with van der Waals surface area (Å²) in [6, 6.07) is 9.75. The maximum Gasteiger partial charge on any atom is 0.253 e. The molecule has 0 aliphatic carbocycles. The highest BCUT2D eigenvalue weighted by Crippen LogP contribution is 2.29. The van der Waals surface area contributed by atoms with Crippen molar-refractivity contribution in [3.63, 3.8) is 0 Å². The number of pyridine rings is 1. The van der Waals surface area contributed by atoms with E-state index in [1.54, 1.807) is 0 Å². The molecule has 1 unspecified atom stereocenters. The molecule has 0 fully saturated rings. The van der Waals surface area contributed by atoms with Gasteiger partial charge in [-0.3, -0.25) is 4.79 Å². The van der Waals surface area contributed by atoms with Gasteiger partial charge in [0.1, 0.15) is 0 Å². The Morgan fingerprint density at radius 3 is 2.77 bits per heavy atom. The normalized spacial score (nSPS) is 17.3. The molecule has 22 heavy (non-hydrogen) atoms. The summed E-state index contributed by atoms with van der Waals surface area (Å²) in [5, 5.41) is 4.07. The Morgan fingerprint density at radius 2 is 2.05 bits per heavy atom. The van der Waals surface area contributed by atoms with E-state index in [0.29, 0.717) is 17.5 Å². The molecule has 1 atom stereocenters. The van der Waals surface area contributed by atoms with Crippen LogP contribution in [0.2, 0.25) is 5.02 Å². The van der Waals surface area contributed by atoms with Crippen molar-refractivity contribution in [2.75, 3.05) is 6.54 Å². The number of rotatable bonds is 4. The fourth-order valence-corrected chi connectivity index (χ4v) is 3.25. The Hall–Kier alpha value is -1.58. The average Bonchev–Trinajstić information content (AvgIpc) is 2.53. The molecule has 2 N–H and O–H groups in total. The van der Waals surface area contributed by atoms with Crippen molar-refractivity contribution >= 4 is 11.6 Å². The molecule has 0 amide bonds. The van der Waals surface area contributed by atoms with Crippen LogP contribution in [0.1, 0.15) is 43.2 Å². The largest absolute Gasteiger partial charge is 0.322 e. The quantitative estimate of drug-likeness (QED) is 0.893. The number of hydrogen-bond acceptors (Lipinski definition) is 2. The lowest BCUT2D eigenvalue weighted by molar-refractivity contribution is 0.494. The lowest BCUT2D eigenvalue weighted by Gasteiger charge is -2.26. The molecule has 4 heteroatoms. The minimum atomic E-state index is 0.0242. The number of halogens is 1. The maximum atomic E-state index is 12.4. The van der Waals surface area contributed by atoms with Crippen LogP contribution in [0.15, 0.2) is 35.1 Å². The zero-order chi connectivity index (χ0) is 15.5. The molecule has 116 valence electrons. The predicted octanol–water partition coefficient (Wildman–Crippen LogP) is 4.07. The Kier molecular flexibility index (Phi) is 4.65. The van der Waals surface area contributed by atoms with E-state index in [1.807, 2.05) is 24.3 Å². The van der Waals surface area contributed by atoms with Crippen molar-refractivity contribution in [3.8, 4) is 11.3 Å². The summed E-state index contributed by atoms with van der Waals surface area (Å²) in [7, 11) is 0. The molecule has 1 aliphatic rings. The fourth-order valence-electron chi connectivity index (χ4n) is 3.13. The average molecular weight is 317 g/mol. The van der Waals surface area contributed by atoms with Gasteiger partial charge in [-0.1, -0.05) is 43.5 Å². The molecule has 0 saturated carbocycles. The summed E-state index contributed by atoms with van der Waals surface area (Å²) >= 11 is 5.95. The van der Waals surface area contributed by atoms with Gasteiger partial charge >= 0.3 is 0 Å². The highest BCUT2D eigenvalue weighted by Gasteiger charge is 2.22. The number of nitrogens with one attached hydrogen (secondary N) is 2. The van der Waals surface area contributed by atoms with Gasteiger partial charge in [-0.05, 0) is 41.7 Å². The van der Waals surface area contributed by atoms with Crippen molar-refractivity contribution in [1.82, 2.24) is 10.3 Å². The molecule has 3 rings (SSSR count). The summed E-state index contributed by atoms with van der Waals surface area (Å²) in [6.45, 7) is 3.82. The van der Waals surface area contributed by atoms with Crippen LogP contribution in [0.5, 0.6) is 0 Å². The van der Waals surface area contributed by atoms with Gasteiger partial charge in [0.2, 0.25) is 0 Å². The summed E-state index contributed by atoms with van der Waals surface area (Å²) in [5.41, 5.74) is 4.00. The molecule has 1 aliphatic heterocycles. The van der Waals surface area contributed by atoms with Gasteiger partial charge in [0.25, 0.3) is 5.56 Å². The molecule has 0 saturated heterocycles. The van der Waals surface area contributed by atoms with E-state index in [9.17, 15) is 4.79 Å². The number of aromatic amines is 1. The minimum absolute atomic E-state index is 0.0242. The van der Waals surface area contributed by atoms with Gasteiger partial charge in [0.05, 0.1) is 0 Å². The zero-order valence-corrected chi connectivity index (χ0v) is 13.5.